The average molecular weight is 445 g/mol. The summed E-state index contributed by atoms with van der Waals surface area (Å²) in [5.74, 6) is 0.839. The Bertz CT molecular complexity index is 585. The third-order valence-electron chi connectivity index (χ3n) is 3.15. The van der Waals surface area contributed by atoms with Gasteiger partial charge in [0, 0.05) is 55.9 Å². The van der Waals surface area contributed by atoms with Crippen LogP contribution in [0.3, 0.4) is 0 Å². The minimum atomic E-state index is 0. The monoisotopic (exact) mass is 445 g/mol. The van der Waals surface area contributed by atoms with Crippen molar-refractivity contribution in [3.05, 3.63) is 46.2 Å². The predicted molar refractivity (Wildman–Crippen MR) is 108 cm³/mol. The van der Waals surface area contributed by atoms with Crippen molar-refractivity contribution in [3.8, 4) is 0 Å². The highest BCUT2D eigenvalue weighted by Gasteiger charge is 2.00. The minimum absolute atomic E-state index is 0. The Hall–Kier alpha value is -1.22. The molecule has 0 saturated carbocycles. The van der Waals surface area contributed by atoms with Gasteiger partial charge in [-0.05, 0) is 25.5 Å². The first-order chi connectivity index (χ1) is 10.8. The van der Waals surface area contributed by atoms with Gasteiger partial charge in [-0.2, -0.15) is 0 Å². The molecule has 0 aliphatic carbocycles. The molecule has 2 aromatic rings. The molecule has 0 bridgehead atoms. The number of aliphatic imine (C=N–C) groups is 1. The van der Waals surface area contributed by atoms with Crippen LogP contribution in [0.15, 0.2) is 34.8 Å². The van der Waals surface area contributed by atoms with Gasteiger partial charge < -0.3 is 10.6 Å². The molecule has 0 saturated heterocycles. The zero-order valence-electron chi connectivity index (χ0n) is 13.6. The van der Waals surface area contributed by atoms with Gasteiger partial charge in [-0.15, -0.1) is 35.3 Å². The van der Waals surface area contributed by atoms with Crippen molar-refractivity contribution in [1.82, 2.24) is 20.6 Å². The van der Waals surface area contributed by atoms with Crippen LogP contribution in [0.25, 0.3) is 0 Å². The van der Waals surface area contributed by atoms with Gasteiger partial charge in [0.25, 0.3) is 0 Å². The molecule has 2 heterocycles. The highest BCUT2D eigenvalue weighted by Crippen LogP contribution is 2.10. The van der Waals surface area contributed by atoms with Crippen molar-refractivity contribution in [1.29, 1.82) is 0 Å². The van der Waals surface area contributed by atoms with E-state index in [1.54, 1.807) is 18.4 Å². The van der Waals surface area contributed by atoms with E-state index in [1.165, 1.54) is 5.01 Å². The van der Waals surface area contributed by atoms with Crippen molar-refractivity contribution in [3.63, 3.8) is 0 Å². The number of aromatic nitrogens is 2. The number of nitrogens with one attached hydrogen (secondary N) is 2. The van der Waals surface area contributed by atoms with Gasteiger partial charge in [-0.1, -0.05) is 6.07 Å². The number of rotatable bonds is 7. The molecule has 0 atom stereocenters. The molecule has 2 rings (SSSR count). The van der Waals surface area contributed by atoms with Gasteiger partial charge >= 0.3 is 0 Å². The second kappa shape index (κ2) is 11.3. The van der Waals surface area contributed by atoms with E-state index in [4.69, 9.17) is 0 Å². The Morgan fingerprint density at radius 2 is 2.04 bits per heavy atom. The van der Waals surface area contributed by atoms with E-state index in [2.05, 4.69) is 31.0 Å². The van der Waals surface area contributed by atoms with E-state index in [-0.39, 0.29) is 24.0 Å². The van der Waals surface area contributed by atoms with E-state index in [9.17, 15) is 0 Å². The molecular weight excluding hydrogens is 421 g/mol. The van der Waals surface area contributed by atoms with E-state index in [1.807, 2.05) is 31.3 Å². The van der Waals surface area contributed by atoms with Crippen LogP contribution >= 0.6 is 35.3 Å². The summed E-state index contributed by atoms with van der Waals surface area (Å²) < 4.78 is 0. The lowest BCUT2D eigenvalue weighted by Crippen LogP contribution is -2.38. The number of guanidine groups is 1. The molecule has 126 valence electrons. The summed E-state index contributed by atoms with van der Waals surface area (Å²) >= 11 is 1.73. The summed E-state index contributed by atoms with van der Waals surface area (Å²) in [5.41, 5.74) is 2.20. The first-order valence-electron chi connectivity index (χ1n) is 7.53. The maximum absolute atomic E-state index is 4.47. The van der Waals surface area contributed by atoms with Crippen LogP contribution in [-0.2, 0) is 12.8 Å². The molecule has 0 aliphatic rings. The van der Waals surface area contributed by atoms with Crippen molar-refractivity contribution in [2.24, 2.45) is 4.99 Å². The summed E-state index contributed by atoms with van der Waals surface area (Å²) in [6.45, 7) is 3.75. The molecule has 0 aromatic carbocycles. The fourth-order valence-corrected chi connectivity index (χ4v) is 2.86. The molecule has 0 radical (unpaired) electrons. The van der Waals surface area contributed by atoms with Gasteiger partial charge in [0.1, 0.15) is 0 Å². The fourth-order valence-electron chi connectivity index (χ4n) is 2.04. The minimum Gasteiger partial charge on any atom is -0.356 e. The number of hydrogen-bond acceptors (Lipinski definition) is 4. The first-order valence-corrected chi connectivity index (χ1v) is 8.41. The molecule has 7 heteroatoms. The number of pyridine rings is 1. The Kier molecular flexibility index (Phi) is 9.77. The lowest BCUT2D eigenvalue weighted by atomic mass is 10.3. The number of hydrogen-bond donors (Lipinski definition) is 2. The Labute approximate surface area is 159 Å². The smallest absolute Gasteiger partial charge is 0.190 e. The maximum atomic E-state index is 4.47. The van der Waals surface area contributed by atoms with E-state index < -0.39 is 0 Å². The Morgan fingerprint density at radius 1 is 1.22 bits per heavy atom. The molecule has 0 fully saturated rings. The van der Waals surface area contributed by atoms with E-state index in [0.29, 0.717) is 0 Å². The van der Waals surface area contributed by atoms with E-state index >= 15 is 0 Å². The Balaban J connectivity index is 0.00000264. The lowest BCUT2D eigenvalue weighted by molar-refractivity contribution is 0.733. The average Bonchev–Trinajstić information content (AvgIpc) is 2.96. The van der Waals surface area contributed by atoms with Crippen LogP contribution in [0.4, 0.5) is 0 Å². The van der Waals surface area contributed by atoms with Crippen molar-refractivity contribution >= 4 is 41.3 Å². The zero-order chi connectivity index (χ0) is 15.6. The van der Waals surface area contributed by atoms with Crippen LogP contribution in [0.1, 0.15) is 22.8 Å². The molecule has 0 amide bonds. The second-order valence-electron chi connectivity index (χ2n) is 4.98. The molecule has 0 spiro atoms. The second-order valence-corrected chi connectivity index (χ2v) is 5.93. The van der Waals surface area contributed by atoms with Gasteiger partial charge in [-0.25, -0.2) is 4.98 Å². The highest BCUT2D eigenvalue weighted by atomic mass is 127. The predicted octanol–water partition coefficient (Wildman–Crippen LogP) is 2.80. The summed E-state index contributed by atoms with van der Waals surface area (Å²) in [4.78, 5) is 13.0. The molecule has 0 aliphatic heterocycles. The van der Waals surface area contributed by atoms with Crippen LogP contribution in [0.2, 0.25) is 0 Å². The molecular formula is C16H24IN5S. The summed E-state index contributed by atoms with van der Waals surface area (Å²) in [6, 6.07) is 5.98. The number of thiazole rings is 1. The van der Waals surface area contributed by atoms with Crippen molar-refractivity contribution in [2.45, 2.75) is 26.2 Å². The standard InChI is InChI=1S/C16H23N5S.HI/c1-13-12-22-15(21-13)7-5-10-19-16(17-2)20-11-8-14-6-3-4-9-18-14;/h3-4,6,9,12H,5,7-8,10-11H2,1-2H3,(H2,17,19,20);1H. The topological polar surface area (TPSA) is 62.2 Å². The van der Waals surface area contributed by atoms with Crippen molar-refractivity contribution in [2.75, 3.05) is 20.1 Å². The SMILES string of the molecule is CN=C(NCCCc1nc(C)cs1)NCCc1ccccn1.I. The number of nitrogens with zero attached hydrogens (tertiary/aromatic N) is 3. The summed E-state index contributed by atoms with van der Waals surface area (Å²) in [5, 5.41) is 9.94. The quantitative estimate of drug-likeness (QED) is 0.298. The third-order valence-corrected chi connectivity index (χ3v) is 4.18. The van der Waals surface area contributed by atoms with Crippen LogP contribution in [0.5, 0.6) is 0 Å². The first kappa shape index (κ1) is 19.8. The zero-order valence-corrected chi connectivity index (χ0v) is 16.7. The molecule has 2 aromatic heterocycles. The maximum Gasteiger partial charge on any atom is 0.190 e. The van der Waals surface area contributed by atoms with Gasteiger partial charge in [0.15, 0.2) is 5.96 Å². The fraction of sp³-hybridized carbons (Fsp3) is 0.438. The normalized spacial score (nSPS) is 11.0. The third kappa shape index (κ3) is 7.74. The number of halogens is 1. The molecule has 5 nitrogen and oxygen atoms in total. The molecule has 2 N–H and O–H groups in total. The van der Waals surface area contributed by atoms with Gasteiger partial charge in [0.05, 0.1) is 5.01 Å². The largest absolute Gasteiger partial charge is 0.356 e. The van der Waals surface area contributed by atoms with Crippen LogP contribution in [-0.4, -0.2) is 36.1 Å². The van der Waals surface area contributed by atoms with E-state index in [0.717, 1.165) is 49.7 Å². The van der Waals surface area contributed by atoms with Gasteiger partial charge in [0.2, 0.25) is 0 Å². The number of aryl methyl sites for hydroxylation is 2. The van der Waals surface area contributed by atoms with Crippen molar-refractivity contribution < 1.29 is 0 Å². The van der Waals surface area contributed by atoms with Gasteiger partial charge in [-0.3, -0.25) is 9.98 Å². The van der Waals surface area contributed by atoms with Crippen LogP contribution in [0, 0.1) is 6.92 Å². The Morgan fingerprint density at radius 3 is 2.70 bits per heavy atom. The van der Waals surface area contributed by atoms with Crippen LogP contribution < -0.4 is 10.6 Å². The lowest BCUT2D eigenvalue weighted by Gasteiger charge is -2.11. The highest BCUT2D eigenvalue weighted by molar-refractivity contribution is 14.0. The summed E-state index contributed by atoms with van der Waals surface area (Å²) in [6.07, 6.45) is 4.77. The molecule has 23 heavy (non-hydrogen) atoms. The summed E-state index contributed by atoms with van der Waals surface area (Å²) in [7, 11) is 1.79. The molecule has 0 unspecified atom stereocenters.